The Morgan fingerprint density at radius 3 is 2.17 bits per heavy atom. The molecular weight excluding hydrogens is 478 g/mol. The number of carbonyl (C=O) groups excluding carboxylic acids is 1. The number of hydrogen-bond donors (Lipinski definition) is 0. The van der Waals surface area contributed by atoms with Gasteiger partial charge in [-0.15, -0.1) is 0 Å². The number of carbonyl (C=O) groups is 1. The van der Waals surface area contributed by atoms with E-state index in [2.05, 4.69) is 75.2 Å². The van der Waals surface area contributed by atoms with E-state index in [1.807, 2.05) is 24.1 Å². The molecule has 6 nitrogen and oxygen atoms in total. The second kappa shape index (κ2) is 12.4. The van der Waals surface area contributed by atoms with Crippen LogP contribution in [0.25, 0.3) is 0 Å². The molecule has 0 bridgehead atoms. The van der Waals surface area contributed by atoms with Crippen LogP contribution in [0.2, 0.25) is 5.15 Å². The normalized spacial score (nSPS) is 14.3. The summed E-state index contributed by atoms with van der Waals surface area (Å²) in [5.74, 6) is 1.19. The molecule has 1 aliphatic rings. The van der Waals surface area contributed by atoms with Crippen LogP contribution in [0.1, 0.15) is 30.5 Å². The number of hydrogen-bond acceptors (Lipinski definition) is 6. The lowest BCUT2D eigenvalue weighted by molar-refractivity contribution is -0.130. The highest BCUT2D eigenvalue weighted by atomic mass is 35.5. The lowest BCUT2D eigenvalue weighted by Crippen LogP contribution is -2.50. The zero-order valence-corrected chi connectivity index (χ0v) is 21.9. The summed E-state index contributed by atoms with van der Waals surface area (Å²) in [7, 11) is 1.99. The number of halogens is 1. The minimum atomic E-state index is 0.109. The molecule has 1 fully saturated rings. The van der Waals surface area contributed by atoms with Crippen molar-refractivity contribution < 1.29 is 4.79 Å². The van der Waals surface area contributed by atoms with Crippen molar-refractivity contribution >= 4 is 35.1 Å². The van der Waals surface area contributed by atoms with Crippen molar-refractivity contribution in [3.63, 3.8) is 0 Å². The van der Waals surface area contributed by atoms with Gasteiger partial charge < -0.3 is 9.80 Å². The number of aromatic nitrogens is 2. The summed E-state index contributed by atoms with van der Waals surface area (Å²) in [6.07, 6.45) is 1.01. The third-order valence-electron chi connectivity index (χ3n) is 6.20. The largest absolute Gasteiger partial charge is 0.360 e. The minimum absolute atomic E-state index is 0.109. The molecule has 0 N–H and O–H groups in total. The van der Waals surface area contributed by atoms with Crippen LogP contribution < -0.4 is 4.90 Å². The van der Waals surface area contributed by atoms with Gasteiger partial charge in [-0.1, -0.05) is 91.0 Å². The molecule has 0 saturated carbocycles. The van der Waals surface area contributed by atoms with Gasteiger partial charge in [-0.2, -0.15) is 0 Å². The van der Waals surface area contributed by atoms with Crippen LogP contribution in [-0.2, 0) is 4.79 Å². The maximum Gasteiger partial charge on any atom is 0.233 e. The van der Waals surface area contributed by atoms with Gasteiger partial charge in [0.2, 0.25) is 5.91 Å². The molecule has 35 heavy (non-hydrogen) atoms. The van der Waals surface area contributed by atoms with Crippen molar-refractivity contribution in [1.29, 1.82) is 0 Å². The van der Waals surface area contributed by atoms with Crippen molar-refractivity contribution in [2.75, 3.05) is 50.4 Å². The predicted octanol–water partition coefficient (Wildman–Crippen LogP) is 5.00. The SMILES string of the molecule is CCCN(C)c1cc(Cl)nc(SCC(=O)N2CCN(C(c3ccccc3)c3ccccc3)CC2)n1. The van der Waals surface area contributed by atoms with Crippen molar-refractivity contribution in [2.24, 2.45) is 0 Å². The van der Waals surface area contributed by atoms with E-state index in [1.165, 1.54) is 22.9 Å². The zero-order valence-electron chi connectivity index (χ0n) is 20.3. The van der Waals surface area contributed by atoms with Gasteiger partial charge in [-0.25, -0.2) is 9.97 Å². The first-order chi connectivity index (χ1) is 17.0. The Morgan fingerprint density at radius 1 is 1.00 bits per heavy atom. The quantitative estimate of drug-likeness (QED) is 0.230. The molecule has 1 amide bonds. The number of rotatable bonds is 9. The molecule has 1 saturated heterocycles. The van der Waals surface area contributed by atoms with Crippen molar-refractivity contribution in [3.8, 4) is 0 Å². The predicted molar refractivity (Wildman–Crippen MR) is 144 cm³/mol. The number of nitrogens with zero attached hydrogens (tertiary/aromatic N) is 5. The second-order valence-corrected chi connectivity index (χ2v) is 10.0. The topological polar surface area (TPSA) is 52.6 Å². The van der Waals surface area contributed by atoms with Crippen LogP contribution in [0.15, 0.2) is 71.9 Å². The Bertz CT molecular complexity index is 1050. The van der Waals surface area contributed by atoms with E-state index in [1.54, 1.807) is 6.07 Å². The Hall–Kier alpha value is -2.61. The molecule has 2 aromatic carbocycles. The fourth-order valence-corrected chi connectivity index (χ4v) is 5.41. The average Bonchev–Trinajstić information content (AvgIpc) is 2.89. The van der Waals surface area contributed by atoms with Gasteiger partial charge in [-0.3, -0.25) is 9.69 Å². The van der Waals surface area contributed by atoms with Crippen LogP contribution in [0.5, 0.6) is 0 Å². The summed E-state index contributed by atoms with van der Waals surface area (Å²) in [6, 6.07) is 23.1. The fourth-order valence-electron chi connectivity index (χ4n) is 4.43. The zero-order chi connectivity index (χ0) is 24.6. The van der Waals surface area contributed by atoms with Crippen LogP contribution in [0.4, 0.5) is 5.82 Å². The molecule has 3 aromatic rings. The molecule has 8 heteroatoms. The summed E-state index contributed by atoms with van der Waals surface area (Å²) in [5.41, 5.74) is 2.55. The molecule has 184 valence electrons. The van der Waals surface area contributed by atoms with E-state index in [0.29, 0.717) is 29.2 Å². The summed E-state index contributed by atoms with van der Waals surface area (Å²) in [5, 5.41) is 0.935. The Labute approximate surface area is 217 Å². The average molecular weight is 510 g/mol. The highest BCUT2D eigenvalue weighted by Crippen LogP contribution is 2.29. The standard InChI is InChI=1S/C27H32ClN5OS/c1-3-14-31(2)24-19-23(28)29-27(30-24)35-20-25(34)32-15-17-33(18-16-32)26(21-10-6-4-7-11-21)22-12-8-5-9-13-22/h4-13,19,26H,3,14-18,20H2,1-2H3. The second-order valence-electron chi connectivity index (χ2n) is 8.68. The van der Waals surface area contributed by atoms with Gasteiger partial charge in [0.15, 0.2) is 5.16 Å². The highest BCUT2D eigenvalue weighted by molar-refractivity contribution is 7.99. The monoisotopic (exact) mass is 509 g/mol. The lowest BCUT2D eigenvalue weighted by atomic mass is 9.96. The van der Waals surface area contributed by atoms with Gasteiger partial charge >= 0.3 is 0 Å². The molecule has 0 radical (unpaired) electrons. The van der Waals surface area contributed by atoms with Crippen molar-refractivity contribution in [3.05, 3.63) is 83.0 Å². The Kier molecular flexibility index (Phi) is 9.01. The first kappa shape index (κ1) is 25.5. The number of piperazine rings is 1. The number of amides is 1. The number of thioether (sulfide) groups is 1. The molecule has 1 aromatic heterocycles. The summed E-state index contributed by atoms with van der Waals surface area (Å²) >= 11 is 7.56. The summed E-state index contributed by atoms with van der Waals surface area (Å²) in [6.45, 7) is 6.06. The van der Waals surface area contributed by atoms with E-state index >= 15 is 0 Å². The number of benzene rings is 2. The lowest BCUT2D eigenvalue weighted by Gasteiger charge is -2.39. The molecule has 0 spiro atoms. The third kappa shape index (κ3) is 6.75. The van der Waals surface area contributed by atoms with Gasteiger partial charge in [0.1, 0.15) is 11.0 Å². The van der Waals surface area contributed by atoms with E-state index in [9.17, 15) is 4.79 Å². The summed E-state index contributed by atoms with van der Waals surface area (Å²) < 4.78 is 0. The first-order valence-corrected chi connectivity index (χ1v) is 13.4. The fraction of sp³-hybridized carbons (Fsp3) is 0.370. The molecule has 4 rings (SSSR count). The van der Waals surface area contributed by atoms with Gasteiger partial charge in [-0.05, 0) is 17.5 Å². The Balaban J connectivity index is 1.36. The van der Waals surface area contributed by atoms with Crippen LogP contribution >= 0.6 is 23.4 Å². The molecule has 0 atom stereocenters. The molecule has 0 unspecified atom stereocenters. The molecule has 1 aliphatic heterocycles. The smallest absolute Gasteiger partial charge is 0.233 e. The van der Waals surface area contributed by atoms with Gasteiger partial charge in [0.05, 0.1) is 11.8 Å². The van der Waals surface area contributed by atoms with E-state index in [-0.39, 0.29) is 11.9 Å². The molecule has 0 aliphatic carbocycles. The maximum absolute atomic E-state index is 13.0. The maximum atomic E-state index is 13.0. The van der Waals surface area contributed by atoms with E-state index in [4.69, 9.17) is 11.6 Å². The van der Waals surface area contributed by atoms with Crippen LogP contribution in [-0.4, -0.2) is 71.2 Å². The Morgan fingerprint density at radius 2 is 1.60 bits per heavy atom. The van der Waals surface area contributed by atoms with Crippen molar-refractivity contribution in [2.45, 2.75) is 24.5 Å². The van der Waals surface area contributed by atoms with Gasteiger partial charge in [0.25, 0.3) is 0 Å². The highest BCUT2D eigenvalue weighted by Gasteiger charge is 2.28. The van der Waals surface area contributed by atoms with Crippen LogP contribution in [0, 0.1) is 0 Å². The molecule has 2 heterocycles. The van der Waals surface area contributed by atoms with Crippen molar-refractivity contribution in [1.82, 2.24) is 19.8 Å². The first-order valence-electron chi connectivity index (χ1n) is 12.1. The molecular formula is C27H32ClN5OS. The van der Waals surface area contributed by atoms with Crippen LogP contribution in [0.3, 0.4) is 0 Å². The number of anilines is 1. The minimum Gasteiger partial charge on any atom is -0.360 e. The van der Waals surface area contributed by atoms with E-state index < -0.39 is 0 Å². The third-order valence-corrected chi connectivity index (χ3v) is 7.22. The summed E-state index contributed by atoms with van der Waals surface area (Å²) in [4.78, 5) is 28.3. The van der Waals surface area contributed by atoms with E-state index in [0.717, 1.165) is 31.9 Å². The van der Waals surface area contributed by atoms with Gasteiger partial charge in [0, 0.05) is 45.8 Å².